The average Bonchev–Trinajstić information content (AvgIpc) is 3.33. The molecule has 4 rings (SSSR count). The van der Waals surface area contributed by atoms with Gasteiger partial charge in [0.15, 0.2) is 0 Å². The highest BCUT2D eigenvalue weighted by molar-refractivity contribution is 7.13. The molecule has 27 heavy (non-hydrogen) atoms. The van der Waals surface area contributed by atoms with Crippen molar-refractivity contribution >= 4 is 28.9 Å². The second kappa shape index (κ2) is 7.28. The molecule has 1 fully saturated rings. The molecule has 0 amide bonds. The fourth-order valence-electron chi connectivity index (χ4n) is 3.03. The molecular formula is C18H17N5O3S. The van der Waals surface area contributed by atoms with Gasteiger partial charge in [-0.25, -0.2) is 4.98 Å². The van der Waals surface area contributed by atoms with E-state index in [1.807, 2.05) is 35.4 Å². The van der Waals surface area contributed by atoms with Crippen molar-refractivity contribution in [3.8, 4) is 10.8 Å². The molecule has 4 heterocycles. The topological polar surface area (TPSA) is 98.2 Å². The first-order valence-corrected chi connectivity index (χ1v) is 9.42. The molecule has 1 saturated heterocycles. The zero-order valence-corrected chi connectivity index (χ0v) is 15.5. The third-order valence-electron chi connectivity index (χ3n) is 4.40. The van der Waals surface area contributed by atoms with Crippen molar-refractivity contribution in [1.29, 1.82) is 0 Å². The Kier molecular flexibility index (Phi) is 4.68. The highest BCUT2D eigenvalue weighted by Crippen LogP contribution is 2.30. The Hall–Kier alpha value is -3.07. The van der Waals surface area contributed by atoms with Crippen molar-refractivity contribution in [3.63, 3.8) is 0 Å². The summed E-state index contributed by atoms with van der Waals surface area (Å²) in [6.07, 6.45) is 3.45. The quantitative estimate of drug-likeness (QED) is 0.494. The van der Waals surface area contributed by atoms with Gasteiger partial charge in [0.25, 0.3) is 5.89 Å². The highest BCUT2D eigenvalue weighted by Gasteiger charge is 2.24. The summed E-state index contributed by atoms with van der Waals surface area (Å²) in [5.74, 6) is 1.45. The van der Waals surface area contributed by atoms with Crippen molar-refractivity contribution in [2.24, 2.45) is 0 Å². The Morgan fingerprint density at radius 1 is 1.26 bits per heavy atom. The summed E-state index contributed by atoms with van der Waals surface area (Å²) in [5, 5.41) is 21.4. The molecule has 0 radical (unpaired) electrons. The largest absolute Gasteiger partial charge is 0.416 e. The van der Waals surface area contributed by atoms with Crippen LogP contribution < -0.4 is 4.90 Å². The van der Waals surface area contributed by atoms with Crippen LogP contribution in [0.3, 0.4) is 0 Å². The molecule has 3 aromatic rings. The second-order valence-electron chi connectivity index (χ2n) is 6.26. The second-order valence-corrected chi connectivity index (χ2v) is 7.21. The Bertz CT molecular complexity index is 986. The number of aromatic nitrogens is 3. The summed E-state index contributed by atoms with van der Waals surface area (Å²) < 4.78 is 5.71. The molecule has 0 saturated carbocycles. The molecule has 3 aromatic heterocycles. The van der Waals surface area contributed by atoms with Gasteiger partial charge in [-0.3, -0.25) is 10.1 Å². The van der Waals surface area contributed by atoms with E-state index < -0.39 is 0 Å². The minimum absolute atomic E-state index is 0.0468. The molecule has 0 spiro atoms. The van der Waals surface area contributed by atoms with Crippen LogP contribution in [0.2, 0.25) is 0 Å². The minimum Gasteiger partial charge on any atom is -0.416 e. The molecule has 0 aliphatic carbocycles. The standard InChI is InChI=1S/C18H17N5O3S/c1-12-4-5-14(23(24)25)17(19-12)22-8-6-13(7-9-22)11-16-20-21-18(26-16)15-3-2-10-27-15/h2-5,10-11H,6-9H2,1H3. The van der Waals surface area contributed by atoms with Crippen LogP contribution in [0.1, 0.15) is 24.4 Å². The Morgan fingerprint density at radius 2 is 2.07 bits per heavy atom. The number of nitrogens with zero attached hydrogens (tertiary/aromatic N) is 5. The van der Waals surface area contributed by atoms with E-state index in [9.17, 15) is 10.1 Å². The van der Waals surface area contributed by atoms with Gasteiger partial charge >= 0.3 is 5.69 Å². The molecule has 8 nitrogen and oxygen atoms in total. The number of piperidine rings is 1. The predicted molar refractivity (Wildman–Crippen MR) is 103 cm³/mol. The van der Waals surface area contributed by atoms with Gasteiger partial charge in [0.1, 0.15) is 0 Å². The molecule has 0 N–H and O–H groups in total. The zero-order chi connectivity index (χ0) is 18.8. The highest BCUT2D eigenvalue weighted by atomic mass is 32.1. The van der Waals surface area contributed by atoms with Crippen LogP contribution in [-0.2, 0) is 0 Å². The van der Waals surface area contributed by atoms with Gasteiger partial charge in [-0.1, -0.05) is 11.6 Å². The average molecular weight is 383 g/mol. The van der Waals surface area contributed by atoms with E-state index >= 15 is 0 Å². The van der Waals surface area contributed by atoms with Crippen molar-refractivity contribution in [3.05, 3.63) is 56.9 Å². The van der Waals surface area contributed by atoms with E-state index in [2.05, 4.69) is 15.2 Å². The maximum absolute atomic E-state index is 11.3. The van der Waals surface area contributed by atoms with Crippen molar-refractivity contribution < 1.29 is 9.34 Å². The van der Waals surface area contributed by atoms with Crippen molar-refractivity contribution in [2.45, 2.75) is 19.8 Å². The monoisotopic (exact) mass is 383 g/mol. The van der Waals surface area contributed by atoms with Crippen molar-refractivity contribution in [1.82, 2.24) is 15.2 Å². The third-order valence-corrected chi connectivity index (χ3v) is 5.25. The molecule has 1 aliphatic heterocycles. The summed E-state index contributed by atoms with van der Waals surface area (Å²) in [6.45, 7) is 3.16. The number of rotatable bonds is 4. The molecule has 138 valence electrons. The summed E-state index contributed by atoms with van der Waals surface area (Å²) in [7, 11) is 0. The van der Waals surface area contributed by atoms with Gasteiger partial charge in [-0.2, -0.15) is 0 Å². The lowest BCUT2D eigenvalue weighted by molar-refractivity contribution is -0.384. The number of thiophene rings is 1. The number of anilines is 1. The van der Waals surface area contributed by atoms with Crippen molar-refractivity contribution in [2.75, 3.05) is 18.0 Å². The summed E-state index contributed by atoms with van der Waals surface area (Å²) >= 11 is 1.55. The minimum atomic E-state index is -0.377. The normalized spacial score (nSPS) is 14.4. The SMILES string of the molecule is Cc1ccc([N+](=O)[O-])c(N2CCC(=Cc3nnc(-c4cccs4)o3)CC2)n1. The van der Waals surface area contributed by atoms with Crippen LogP contribution in [0.4, 0.5) is 11.5 Å². The first kappa shape index (κ1) is 17.3. The van der Waals surface area contributed by atoms with Gasteiger partial charge in [0, 0.05) is 30.9 Å². The Morgan fingerprint density at radius 3 is 2.78 bits per heavy atom. The van der Waals surface area contributed by atoms with E-state index in [1.165, 1.54) is 11.6 Å². The fourth-order valence-corrected chi connectivity index (χ4v) is 3.67. The van der Waals surface area contributed by atoms with Gasteiger partial charge in [0.2, 0.25) is 11.7 Å². The van der Waals surface area contributed by atoms with E-state index in [4.69, 9.17) is 4.42 Å². The molecule has 0 unspecified atom stereocenters. The summed E-state index contributed by atoms with van der Waals surface area (Å²) in [4.78, 5) is 18.2. The smallest absolute Gasteiger partial charge is 0.311 e. The van der Waals surface area contributed by atoms with E-state index in [0.29, 0.717) is 30.7 Å². The number of aryl methyl sites for hydroxylation is 1. The lowest BCUT2D eigenvalue weighted by Gasteiger charge is -2.29. The molecule has 0 aromatic carbocycles. The fraction of sp³-hybridized carbons (Fsp3) is 0.278. The van der Waals surface area contributed by atoms with Gasteiger partial charge in [-0.05, 0) is 37.3 Å². The Balaban J connectivity index is 1.47. The van der Waals surface area contributed by atoms with Gasteiger partial charge in [-0.15, -0.1) is 21.5 Å². The number of hydrogen-bond acceptors (Lipinski definition) is 8. The number of hydrogen-bond donors (Lipinski definition) is 0. The lowest BCUT2D eigenvalue weighted by Crippen LogP contribution is -2.32. The van der Waals surface area contributed by atoms with E-state index in [1.54, 1.807) is 17.4 Å². The van der Waals surface area contributed by atoms with Crippen LogP contribution in [-0.4, -0.2) is 33.2 Å². The maximum Gasteiger partial charge on any atom is 0.311 e. The maximum atomic E-state index is 11.3. The third kappa shape index (κ3) is 3.72. The van der Waals surface area contributed by atoms with Crippen LogP contribution in [0, 0.1) is 17.0 Å². The van der Waals surface area contributed by atoms with Crippen LogP contribution >= 0.6 is 11.3 Å². The van der Waals surface area contributed by atoms with Gasteiger partial charge < -0.3 is 9.32 Å². The first-order valence-electron chi connectivity index (χ1n) is 8.54. The number of nitro groups is 1. The predicted octanol–water partition coefficient (Wildman–Crippen LogP) is 4.09. The molecule has 0 bridgehead atoms. The first-order chi connectivity index (χ1) is 13.1. The zero-order valence-electron chi connectivity index (χ0n) is 14.7. The Labute approximate surface area is 159 Å². The molecule has 9 heteroatoms. The number of pyridine rings is 1. The van der Waals surface area contributed by atoms with Gasteiger partial charge in [0.05, 0.1) is 9.80 Å². The van der Waals surface area contributed by atoms with Crippen LogP contribution in [0.15, 0.2) is 39.6 Å². The van der Waals surface area contributed by atoms with Crippen LogP contribution in [0.5, 0.6) is 0 Å². The lowest BCUT2D eigenvalue weighted by atomic mass is 10.0. The molecule has 0 atom stereocenters. The summed E-state index contributed by atoms with van der Waals surface area (Å²) in [5.41, 5.74) is 2.00. The molecule has 1 aliphatic rings. The van der Waals surface area contributed by atoms with E-state index in [0.717, 1.165) is 23.4 Å². The van der Waals surface area contributed by atoms with E-state index in [-0.39, 0.29) is 10.6 Å². The summed E-state index contributed by atoms with van der Waals surface area (Å²) in [6, 6.07) is 7.07. The van der Waals surface area contributed by atoms with Crippen LogP contribution in [0.25, 0.3) is 16.8 Å². The molecular weight excluding hydrogens is 366 g/mol.